The van der Waals surface area contributed by atoms with Crippen molar-refractivity contribution < 1.29 is 24.8 Å². The van der Waals surface area contributed by atoms with Crippen molar-refractivity contribution >= 4 is 0 Å². The van der Waals surface area contributed by atoms with Crippen LogP contribution >= 0.6 is 0 Å². The fourth-order valence-corrected chi connectivity index (χ4v) is 12.5. The second-order valence-electron chi connectivity index (χ2n) is 15.2. The minimum Gasteiger partial charge on any atom is -0.393 e. The Morgan fingerprint density at radius 3 is 2.26 bits per heavy atom. The van der Waals surface area contributed by atoms with Crippen molar-refractivity contribution in [3.05, 3.63) is 12.2 Å². The van der Waals surface area contributed by atoms with E-state index >= 15 is 0 Å². The maximum atomic E-state index is 12.4. The molecule has 5 saturated carbocycles. The fourth-order valence-electron chi connectivity index (χ4n) is 12.5. The Labute approximate surface area is 210 Å². The molecule has 0 amide bonds. The molecular formula is C30H46O5. The van der Waals surface area contributed by atoms with E-state index in [2.05, 4.69) is 41.2 Å². The highest BCUT2D eigenvalue weighted by Crippen LogP contribution is 2.90. The Balaban J connectivity index is 1.36. The smallest absolute Gasteiger partial charge is 0.199 e. The van der Waals surface area contributed by atoms with E-state index in [1.54, 1.807) is 0 Å². The Hall–Kier alpha value is -0.460. The van der Waals surface area contributed by atoms with Crippen LogP contribution < -0.4 is 0 Å². The largest absolute Gasteiger partial charge is 0.393 e. The maximum absolute atomic E-state index is 12.4. The molecule has 35 heavy (non-hydrogen) atoms. The van der Waals surface area contributed by atoms with Crippen LogP contribution in [0.2, 0.25) is 0 Å². The number of ether oxygens (including phenoxy) is 2. The van der Waals surface area contributed by atoms with Crippen LogP contribution in [-0.2, 0) is 9.47 Å². The second kappa shape index (κ2) is 6.39. The van der Waals surface area contributed by atoms with Gasteiger partial charge in [-0.2, -0.15) is 0 Å². The van der Waals surface area contributed by atoms with E-state index in [1.165, 1.54) is 0 Å². The average Bonchev–Trinajstić information content (AvgIpc) is 3.28. The molecule has 0 aromatic heterocycles. The van der Waals surface area contributed by atoms with Crippen molar-refractivity contribution in [1.29, 1.82) is 0 Å². The summed E-state index contributed by atoms with van der Waals surface area (Å²) in [7, 11) is 0. The summed E-state index contributed by atoms with van der Waals surface area (Å²) in [5.74, 6) is -0.0359. The van der Waals surface area contributed by atoms with Gasteiger partial charge in [-0.15, -0.1) is 0 Å². The third kappa shape index (κ3) is 2.19. The van der Waals surface area contributed by atoms with E-state index in [9.17, 15) is 15.3 Å². The van der Waals surface area contributed by atoms with Gasteiger partial charge in [0.15, 0.2) is 5.79 Å². The Bertz CT molecular complexity index is 993. The van der Waals surface area contributed by atoms with E-state index in [4.69, 9.17) is 9.47 Å². The molecule has 7 aliphatic rings. The molecule has 14 atom stereocenters. The van der Waals surface area contributed by atoms with Gasteiger partial charge in [0.1, 0.15) is 12.2 Å². The Morgan fingerprint density at radius 2 is 1.57 bits per heavy atom. The van der Waals surface area contributed by atoms with Gasteiger partial charge in [0.2, 0.25) is 0 Å². The van der Waals surface area contributed by atoms with Crippen LogP contribution in [0.15, 0.2) is 12.2 Å². The zero-order valence-corrected chi connectivity index (χ0v) is 22.5. The summed E-state index contributed by atoms with van der Waals surface area (Å²) in [4.78, 5) is 0. The van der Waals surface area contributed by atoms with Crippen molar-refractivity contribution in [2.75, 3.05) is 0 Å². The van der Waals surface area contributed by atoms with Gasteiger partial charge in [0, 0.05) is 16.7 Å². The highest BCUT2D eigenvalue weighted by atomic mass is 16.8. The maximum Gasteiger partial charge on any atom is 0.199 e. The number of hydrogen-bond donors (Lipinski definition) is 3. The summed E-state index contributed by atoms with van der Waals surface area (Å²) < 4.78 is 13.5. The van der Waals surface area contributed by atoms with Gasteiger partial charge >= 0.3 is 0 Å². The minimum absolute atomic E-state index is 0.0428. The lowest BCUT2D eigenvalue weighted by Crippen LogP contribution is -2.64. The molecule has 5 aliphatic carbocycles. The SMILES string of the molecule is C=C(C)[C@@H]1O[C@@]23O[C@H]1C[C@@H](C)[C@@H]2[C@@]1(C)[C@H](O)C[C@@]24C[C@@]25CC[C@H](O)C(C)(C)[C@@H]5CC[C@H]4[C@]1(C)[C@H]3O. The molecule has 2 bridgehead atoms. The highest BCUT2D eigenvalue weighted by molar-refractivity contribution is 5.36. The molecule has 2 aliphatic heterocycles. The van der Waals surface area contributed by atoms with Crippen molar-refractivity contribution in [2.24, 2.45) is 50.7 Å². The van der Waals surface area contributed by atoms with Gasteiger partial charge in [-0.1, -0.05) is 41.2 Å². The average molecular weight is 487 g/mol. The summed E-state index contributed by atoms with van der Waals surface area (Å²) >= 11 is 0. The topological polar surface area (TPSA) is 79.2 Å². The van der Waals surface area contributed by atoms with Crippen LogP contribution in [0.3, 0.4) is 0 Å². The van der Waals surface area contributed by atoms with Gasteiger partial charge in [0.25, 0.3) is 0 Å². The van der Waals surface area contributed by atoms with E-state index in [-0.39, 0.29) is 46.4 Å². The predicted molar refractivity (Wildman–Crippen MR) is 132 cm³/mol. The van der Waals surface area contributed by atoms with Crippen LogP contribution in [0.1, 0.15) is 86.5 Å². The summed E-state index contributed by atoms with van der Waals surface area (Å²) in [6, 6.07) is 0. The lowest BCUT2D eigenvalue weighted by Gasteiger charge is -2.64. The zero-order valence-electron chi connectivity index (χ0n) is 22.5. The molecule has 5 heteroatoms. The molecule has 0 radical (unpaired) electrons. The molecule has 3 spiro atoms. The first-order valence-corrected chi connectivity index (χ1v) is 14.3. The van der Waals surface area contributed by atoms with Crippen LogP contribution in [-0.4, -0.2) is 51.6 Å². The molecule has 5 nitrogen and oxygen atoms in total. The van der Waals surface area contributed by atoms with Crippen molar-refractivity contribution in [3.8, 4) is 0 Å². The molecule has 2 heterocycles. The number of aliphatic hydroxyl groups is 3. The Kier molecular flexibility index (Phi) is 4.32. The Morgan fingerprint density at radius 1 is 0.886 bits per heavy atom. The van der Waals surface area contributed by atoms with Crippen LogP contribution in [0.4, 0.5) is 0 Å². The van der Waals surface area contributed by atoms with Gasteiger partial charge < -0.3 is 24.8 Å². The number of aliphatic hydroxyl groups excluding tert-OH is 3. The second-order valence-corrected chi connectivity index (χ2v) is 15.2. The quantitative estimate of drug-likeness (QED) is 0.478. The van der Waals surface area contributed by atoms with Crippen molar-refractivity contribution in [2.45, 2.75) is 123 Å². The first kappa shape index (κ1) is 23.6. The lowest BCUT2D eigenvalue weighted by atomic mass is 9.40. The molecule has 196 valence electrons. The van der Waals surface area contributed by atoms with Gasteiger partial charge in [-0.3, -0.25) is 0 Å². The summed E-state index contributed by atoms with van der Waals surface area (Å²) in [5, 5.41) is 35.5. The highest BCUT2D eigenvalue weighted by Gasteiger charge is 2.89. The standard InChI is InChI=1S/C30H46O5/c1-15(2)22-17-12-16(3)23-27(7)21(32)13-29-14-28(29)11-10-20(31)25(4,5)18(28)8-9-19(29)26(27,6)24(33)30(23,34-17)35-22/h16-24,31-33H,1,8-14H2,2-7H3/t16-,17+,18+,19+,20+,21-,22+,23-,24-,26-,27-,28-,29+,30+/m1/s1. The first-order valence-electron chi connectivity index (χ1n) is 14.3. The third-order valence-electron chi connectivity index (χ3n) is 14.0. The first-order chi connectivity index (χ1) is 16.2. The number of rotatable bonds is 1. The molecule has 0 unspecified atom stereocenters. The molecule has 3 N–H and O–H groups in total. The van der Waals surface area contributed by atoms with E-state index in [0.29, 0.717) is 11.8 Å². The summed E-state index contributed by atoms with van der Waals surface area (Å²) in [6.45, 7) is 17.5. The van der Waals surface area contributed by atoms with Gasteiger partial charge in [-0.05, 0) is 91.4 Å². The van der Waals surface area contributed by atoms with Crippen LogP contribution in [0.25, 0.3) is 0 Å². The van der Waals surface area contributed by atoms with Gasteiger partial charge in [-0.25, -0.2) is 0 Å². The fraction of sp³-hybridized carbons (Fsp3) is 0.933. The minimum atomic E-state index is -1.07. The molecule has 7 rings (SSSR count). The molecule has 0 aromatic carbocycles. The molecule has 7 fully saturated rings. The van der Waals surface area contributed by atoms with Gasteiger partial charge in [0.05, 0.1) is 18.3 Å². The molecule has 2 saturated heterocycles. The van der Waals surface area contributed by atoms with Crippen LogP contribution in [0.5, 0.6) is 0 Å². The van der Waals surface area contributed by atoms with E-state index < -0.39 is 28.8 Å². The van der Waals surface area contributed by atoms with Crippen molar-refractivity contribution in [3.63, 3.8) is 0 Å². The molecular weight excluding hydrogens is 440 g/mol. The molecule has 0 aromatic rings. The third-order valence-corrected chi connectivity index (χ3v) is 14.0. The zero-order chi connectivity index (χ0) is 25.1. The monoisotopic (exact) mass is 486 g/mol. The summed E-state index contributed by atoms with van der Waals surface area (Å²) in [5.41, 5.74) is 0.0867. The number of hydrogen-bond acceptors (Lipinski definition) is 5. The van der Waals surface area contributed by atoms with E-state index in [1.807, 2.05) is 6.92 Å². The van der Waals surface area contributed by atoms with E-state index in [0.717, 1.165) is 50.5 Å². The lowest BCUT2D eigenvalue weighted by molar-refractivity contribution is -0.277. The van der Waals surface area contributed by atoms with Crippen molar-refractivity contribution in [1.82, 2.24) is 0 Å². The van der Waals surface area contributed by atoms with Crippen LogP contribution in [0, 0.1) is 50.7 Å². The number of fused-ring (bicyclic) bond motifs is 4. The predicted octanol–water partition coefficient (Wildman–Crippen LogP) is 4.43. The summed E-state index contributed by atoms with van der Waals surface area (Å²) in [6.07, 6.45) is 5.04. The normalized spacial score (nSPS) is 65.5.